The van der Waals surface area contributed by atoms with Crippen molar-refractivity contribution in [2.75, 3.05) is 0 Å². The van der Waals surface area contributed by atoms with Crippen molar-refractivity contribution in [1.29, 1.82) is 0 Å². The zero-order valence-electron chi connectivity index (χ0n) is 10.1. The summed E-state index contributed by atoms with van der Waals surface area (Å²) in [5.41, 5.74) is 6.96. The molecule has 0 aliphatic carbocycles. The molecule has 0 aromatic carbocycles. The van der Waals surface area contributed by atoms with Gasteiger partial charge >= 0.3 is 5.97 Å². The Bertz CT molecular complexity index is 419. The lowest BCUT2D eigenvalue weighted by Gasteiger charge is -2.10. The number of aryl methyl sites for hydroxylation is 1. The lowest BCUT2D eigenvalue weighted by atomic mass is 10.1. The molecule has 1 rings (SSSR count). The molecule has 18 heavy (non-hydrogen) atoms. The molecule has 0 saturated carbocycles. The predicted molar refractivity (Wildman–Crippen MR) is 63.5 cm³/mol. The van der Waals surface area contributed by atoms with Crippen molar-refractivity contribution in [3.05, 3.63) is 23.8 Å². The summed E-state index contributed by atoms with van der Waals surface area (Å²) in [7, 11) is 0. The van der Waals surface area contributed by atoms with E-state index < -0.39 is 17.9 Å². The highest BCUT2D eigenvalue weighted by molar-refractivity contribution is 5.82. The second-order valence-electron chi connectivity index (χ2n) is 3.91. The number of aliphatic carboxylic acids is 1. The molecule has 0 radical (unpaired) electrons. The Labute approximate surface area is 104 Å². The predicted octanol–water partition coefficient (Wildman–Crippen LogP) is -0.407. The normalized spacial score (nSPS) is 11.9. The molecule has 1 aromatic rings. The molecule has 1 atom stereocenters. The Morgan fingerprint density at radius 2 is 2.17 bits per heavy atom. The standard InChI is InChI=1S/C11H16N4O3/c1-7-4-14-8(5-13-7)6-15-11(18)9(12)2-3-10(16)17/h4-5,9H,2-3,6,12H2,1H3,(H,15,18)(H,16,17). The number of hydrogen-bond donors (Lipinski definition) is 3. The molecular formula is C11H16N4O3. The van der Waals surface area contributed by atoms with Gasteiger partial charge in [-0.3, -0.25) is 19.6 Å². The molecule has 98 valence electrons. The van der Waals surface area contributed by atoms with E-state index in [9.17, 15) is 9.59 Å². The van der Waals surface area contributed by atoms with Crippen LogP contribution in [-0.2, 0) is 16.1 Å². The van der Waals surface area contributed by atoms with Crippen LogP contribution in [0.25, 0.3) is 0 Å². The minimum absolute atomic E-state index is 0.112. The van der Waals surface area contributed by atoms with E-state index in [0.717, 1.165) is 5.69 Å². The van der Waals surface area contributed by atoms with Gasteiger partial charge in [-0.2, -0.15) is 0 Å². The number of hydrogen-bond acceptors (Lipinski definition) is 5. The highest BCUT2D eigenvalue weighted by atomic mass is 16.4. The second kappa shape index (κ2) is 6.65. The number of rotatable bonds is 6. The van der Waals surface area contributed by atoms with Crippen LogP contribution in [0.3, 0.4) is 0 Å². The maximum absolute atomic E-state index is 11.5. The molecule has 1 amide bonds. The van der Waals surface area contributed by atoms with Gasteiger partial charge in [0.2, 0.25) is 5.91 Å². The third-order valence-electron chi connectivity index (χ3n) is 2.28. The van der Waals surface area contributed by atoms with Crippen LogP contribution >= 0.6 is 0 Å². The molecule has 0 aliphatic rings. The lowest BCUT2D eigenvalue weighted by Crippen LogP contribution is -2.40. The molecule has 1 heterocycles. The number of aromatic nitrogens is 2. The Balaban J connectivity index is 2.36. The summed E-state index contributed by atoms with van der Waals surface area (Å²) in [5.74, 6) is -1.36. The molecule has 1 unspecified atom stereocenters. The SMILES string of the molecule is Cc1cnc(CNC(=O)C(N)CCC(=O)O)cn1. The smallest absolute Gasteiger partial charge is 0.303 e. The number of nitrogens with zero attached hydrogens (tertiary/aromatic N) is 2. The van der Waals surface area contributed by atoms with Crippen LogP contribution in [0.4, 0.5) is 0 Å². The Morgan fingerprint density at radius 3 is 2.72 bits per heavy atom. The fraction of sp³-hybridized carbons (Fsp3) is 0.455. The van der Waals surface area contributed by atoms with Crippen LogP contribution in [0.2, 0.25) is 0 Å². The lowest BCUT2D eigenvalue weighted by molar-refractivity contribution is -0.137. The minimum Gasteiger partial charge on any atom is -0.481 e. The summed E-state index contributed by atoms with van der Waals surface area (Å²) in [6.45, 7) is 2.05. The Hall–Kier alpha value is -2.02. The molecule has 0 bridgehead atoms. The van der Waals surface area contributed by atoms with Crippen LogP contribution in [0, 0.1) is 6.92 Å². The maximum Gasteiger partial charge on any atom is 0.303 e. The van der Waals surface area contributed by atoms with E-state index in [2.05, 4.69) is 15.3 Å². The van der Waals surface area contributed by atoms with Gasteiger partial charge in [-0.1, -0.05) is 0 Å². The number of amides is 1. The van der Waals surface area contributed by atoms with Gasteiger partial charge in [-0.25, -0.2) is 0 Å². The molecule has 4 N–H and O–H groups in total. The summed E-state index contributed by atoms with van der Waals surface area (Å²) in [4.78, 5) is 30.0. The summed E-state index contributed by atoms with van der Waals surface area (Å²) in [6.07, 6.45) is 3.16. The van der Waals surface area contributed by atoms with Gasteiger partial charge in [0.15, 0.2) is 0 Å². The van der Waals surface area contributed by atoms with Crippen LogP contribution in [0.15, 0.2) is 12.4 Å². The summed E-state index contributed by atoms with van der Waals surface area (Å²) in [5, 5.41) is 11.1. The fourth-order valence-electron chi connectivity index (χ4n) is 1.23. The van der Waals surface area contributed by atoms with Gasteiger partial charge < -0.3 is 16.2 Å². The van der Waals surface area contributed by atoms with Crippen LogP contribution in [0.1, 0.15) is 24.2 Å². The summed E-state index contributed by atoms with van der Waals surface area (Å²) < 4.78 is 0. The van der Waals surface area contributed by atoms with E-state index in [1.165, 1.54) is 0 Å². The molecule has 1 aromatic heterocycles. The van der Waals surface area contributed by atoms with Crippen molar-refractivity contribution in [2.24, 2.45) is 5.73 Å². The first-order valence-corrected chi connectivity index (χ1v) is 5.51. The van der Waals surface area contributed by atoms with Gasteiger partial charge in [0.25, 0.3) is 0 Å². The highest BCUT2D eigenvalue weighted by Crippen LogP contribution is 1.97. The van der Waals surface area contributed by atoms with E-state index in [-0.39, 0.29) is 19.4 Å². The quantitative estimate of drug-likeness (QED) is 0.633. The first-order chi connectivity index (χ1) is 8.49. The zero-order valence-corrected chi connectivity index (χ0v) is 10.1. The summed E-state index contributed by atoms with van der Waals surface area (Å²) in [6, 6.07) is -0.820. The first kappa shape index (κ1) is 14.0. The Kier molecular flexibility index (Phi) is 5.19. The molecule has 7 heteroatoms. The topological polar surface area (TPSA) is 118 Å². The number of nitrogens with one attached hydrogen (secondary N) is 1. The Morgan fingerprint density at radius 1 is 1.44 bits per heavy atom. The number of carbonyl (C=O) groups is 2. The molecule has 0 aliphatic heterocycles. The highest BCUT2D eigenvalue weighted by Gasteiger charge is 2.14. The van der Waals surface area contributed by atoms with Gasteiger partial charge in [-0.15, -0.1) is 0 Å². The van der Waals surface area contributed by atoms with E-state index in [1.807, 2.05) is 6.92 Å². The third-order valence-corrected chi connectivity index (χ3v) is 2.28. The molecule has 0 fully saturated rings. The maximum atomic E-state index is 11.5. The van der Waals surface area contributed by atoms with E-state index in [1.54, 1.807) is 12.4 Å². The monoisotopic (exact) mass is 252 g/mol. The van der Waals surface area contributed by atoms with Crippen molar-refractivity contribution in [3.8, 4) is 0 Å². The van der Waals surface area contributed by atoms with Crippen molar-refractivity contribution < 1.29 is 14.7 Å². The molecule has 0 spiro atoms. The molecule has 0 saturated heterocycles. The largest absolute Gasteiger partial charge is 0.481 e. The van der Waals surface area contributed by atoms with Crippen molar-refractivity contribution in [2.45, 2.75) is 32.4 Å². The van der Waals surface area contributed by atoms with Gasteiger partial charge in [0.05, 0.1) is 30.2 Å². The van der Waals surface area contributed by atoms with Crippen molar-refractivity contribution in [3.63, 3.8) is 0 Å². The van der Waals surface area contributed by atoms with E-state index in [0.29, 0.717) is 5.69 Å². The van der Waals surface area contributed by atoms with Crippen molar-refractivity contribution in [1.82, 2.24) is 15.3 Å². The van der Waals surface area contributed by atoms with Gasteiger partial charge in [0.1, 0.15) is 0 Å². The van der Waals surface area contributed by atoms with E-state index >= 15 is 0 Å². The summed E-state index contributed by atoms with van der Waals surface area (Å²) >= 11 is 0. The first-order valence-electron chi connectivity index (χ1n) is 5.51. The fourth-order valence-corrected chi connectivity index (χ4v) is 1.23. The van der Waals surface area contributed by atoms with Crippen LogP contribution in [-0.4, -0.2) is 33.0 Å². The van der Waals surface area contributed by atoms with Crippen LogP contribution < -0.4 is 11.1 Å². The van der Waals surface area contributed by atoms with Crippen molar-refractivity contribution >= 4 is 11.9 Å². The average molecular weight is 252 g/mol. The van der Waals surface area contributed by atoms with E-state index in [4.69, 9.17) is 10.8 Å². The number of carboxylic acids is 1. The second-order valence-corrected chi connectivity index (χ2v) is 3.91. The average Bonchev–Trinajstić information content (AvgIpc) is 2.34. The molecule has 7 nitrogen and oxygen atoms in total. The van der Waals surface area contributed by atoms with Crippen LogP contribution in [0.5, 0.6) is 0 Å². The number of carboxylic acid groups (broad SMARTS) is 1. The van der Waals surface area contributed by atoms with Gasteiger partial charge in [-0.05, 0) is 13.3 Å². The minimum atomic E-state index is -0.970. The van der Waals surface area contributed by atoms with Gasteiger partial charge in [0, 0.05) is 12.6 Å². The zero-order chi connectivity index (χ0) is 13.5. The number of nitrogens with two attached hydrogens (primary N) is 1. The third kappa shape index (κ3) is 4.88. The molecular weight excluding hydrogens is 236 g/mol. The number of carbonyl (C=O) groups excluding carboxylic acids is 1.